The second-order valence-corrected chi connectivity index (χ2v) is 6.84. The molecule has 1 atom stereocenters. The summed E-state index contributed by atoms with van der Waals surface area (Å²) in [6, 6.07) is 8.65. The zero-order valence-corrected chi connectivity index (χ0v) is 11.2. The molecule has 0 aromatic heterocycles. The van der Waals surface area contributed by atoms with Crippen molar-refractivity contribution < 1.29 is 18.0 Å². The second kappa shape index (κ2) is 5.52. The molecular weight excluding hydrogens is 266 g/mol. The topological polar surface area (TPSA) is 80.3 Å². The quantitative estimate of drug-likeness (QED) is 0.811. The van der Waals surface area contributed by atoms with E-state index in [4.69, 9.17) is 0 Å². The van der Waals surface area contributed by atoms with Gasteiger partial charge in [-0.05, 0) is 6.42 Å². The predicted molar refractivity (Wildman–Crippen MR) is 70.5 cm³/mol. The average molecular weight is 281 g/mol. The smallest absolute Gasteiger partial charge is 0.224 e. The Hall–Kier alpha value is -1.69. The zero-order chi connectivity index (χ0) is 13.9. The Morgan fingerprint density at radius 3 is 2.47 bits per heavy atom. The maximum atomic E-state index is 11.8. The van der Waals surface area contributed by atoms with Gasteiger partial charge in [-0.1, -0.05) is 30.3 Å². The number of hydrogen-bond donors (Lipinski definition) is 1. The van der Waals surface area contributed by atoms with Gasteiger partial charge in [-0.15, -0.1) is 0 Å². The highest BCUT2D eigenvalue weighted by Gasteiger charge is 2.32. The first-order valence-corrected chi connectivity index (χ1v) is 7.86. The van der Waals surface area contributed by atoms with Gasteiger partial charge in [0.2, 0.25) is 5.91 Å². The normalized spacial score (nSPS) is 20.9. The molecule has 1 aromatic carbocycles. The van der Waals surface area contributed by atoms with Crippen molar-refractivity contribution in [2.45, 2.75) is 6.42 Å². The van der Waals surface area contributed by atoms with Crippen LogP contribution in [-0.2, 0) is 14.6 Å². The number of nitrogens with one attached hydrogen (secondary N) is 1. The lowest BCUT2D eigenvalue weighted by atomic mass is 10.1. The van der Waals surface area contributed by atoms with Gasteiger partial charge >= 0.3 is 0 Å². The fraction of sp³-hybridized carbons (Fsp3) is 0.385. The van der Waals surface area contributed by atoms with Crippen molar-refractivity contribution in [3.05, 3.63) is 35.9 Å². The van der Waals surface area contributed by atoms with Gasteiger partial charge in [0.25, 0.3) is 0 Å². The van der Waals surface area contributed by atoms with Crippen molar-refractivity contribution in [2.24, 2.45) is 5.92 Å². The largest absolute Gasteiger partial charge is 0.348 e. The molecule has 1 amide bonds. The van der Waals surface area contributed by atoms with Crippen molar-refractivity contribution in [1.29, 1.82) is 0 Å². The molecule has 0 bridgehead atoms. The predicted octanol–water partition coefficient (Wildman–Crippen LogP) is 0.420. The maximum absolute atomic E-state index is 11.8. The minimum absolute atomic E-state index is 0.0533. The van der Waals surface area contributed by atoms with Crippen molar-refractivity contribution >= 4 is 21.5 Å². The summed E-state index contributed by atoms with van der Waals surface area (Å²) in [5, 5.41) is 2.51. The molecule has 0 saturated carbocycles. The molecule has 0 aliphatic carbocycles. The summed E-state index contributed by atoms with van der Waals surface area (Å²) in [5.41, 5.74) is 0.529. The SMILES string of the molecule is O=C(CNC(=O)C1CCS(=O)(=O)C1)c1ccccc1. The van der Waals surface area contributed by atoms with Gasteiger partial charge in [0, 0.05) is 5.56 Å². The molecule has 6 heteroatoms. The molecule has 1 aliphatic heterocycles. The van der Waals surface area contributed by atoms with Crippen molar-refractivity contribution in [3.63, 3.8) is 0 Å². The number of benzene rings is 1. The Kier molecular flexibility index (Phi) is 3.99. The highest BCUT2D eigenvalue weighted by atomic mass is 32.2. The maximum Gasteiger partial charge on any atom is 0.224 e. The number of sulfone groups is 1. The molecular formula is C13H15NO4S. The van der Waals surface area contributed by atoms with Gasteiger partial charge in [-0.2, -0.15) is 0 Å². The van der Waals surface area contributed by atoms with Crippen LogP contribution in [0.25, 0.3) is 0 Å². The van der Waals surface area contributed by atoms with Gasteiger partial charge in [-0.3, -0.25) is 9.59 Å². The third-order valence-corrected chi connectivity index (χ3v) is 4.89. The minimum Gasteiger partial charge on any atom is -0.348 e. The summed E-state index contributed by atoms with van der Waals surface area (Å²) in [4.78, 5) is 23.5. The molecule has 5 nitrogen and oxygen atoms in total. The van der Waals surface area contributed by atoms with Crippen molar-refractivity contribution in [3.8, 4) is 0 Å². The first kappa shape index (κ1) is 13.7. The van der Waals surface area contributed by atoms with E-state index in [1.165, 1.54) is 0 Å². The van der Waals surface area contributed by atoms with E-state index in [9.17, 15) is 18.0 Å². The highest BCUT2D eigenvalue weighted by molar-refractivity contribution is 7.91. The fourth-order valence-corrected chi connectivity index (χ4v) is 3.78. The van der Waals surface area contributed by atoms with Crippen LogP contribution in [0, 0.1) is 5.92 Å². The summed E-state index contributed by atoms with van der Waals surface area (Å²) in [6.07, 6.45) is 0.341. The van der Waals surface area contributed by atoms with Crippen LogP contribution < -0.4 is 5.32 Å². The number of rotatable bonds is 4. The van der Waals surface area contributed by atoms with Gasteiger partial charge in [0.05, 0.1) is 24.0 Å². The second-order valence-electron chi connectivity index (χ2n) is 4.61. The third kappa shape index (κ3) is 3.64. The van der Waals surface area contributed by atoms with E-state index in [1.807, 2.05) is 0 Å². The number of hydrogen-bond acceptors (Lipinski definition) is 4. The van der Waals surface area contributed by atoms with Gasteiger partial charge < -0.3 is 5.32 Å². The van der Waals surface area contributed by atoms with Crippen LogP contribution in [0.5, 0.6) is 0 Å². The number of carbonyl (C=O) groups is 2. The van der Waals surface area contributed by atoms with E-state index in [1.54, 1.807) is 30.3 Å². The Balaban J connectivity index is 1.86. The van der Waals surface area contributed by atoms with E-state index in [-0.39, 0.29) is 29.7 Å². The van der Waals surface area contributed by atoms with Crippen LogP contribution in [0.1, 0.15) is 16.8 Å². The van der Waals surface area contributed by atoms with Crippen LogP contribution in [0.4, 0.5) is 0 Å². The Morgan fingerprint density at radius 1 is 1.21 bits per heavy atom. The third-order valence-electron chi connectivity index (χ3n) is 3.12. The fourth-order valence-electron chi connectivity index (χ4n) is 2.04. The Labute approximate surface area is 111 Å². The summed E-state index contributed by atoms with van der Waals surface area (Å²) >= 11 is 0. The zero-order valence-electron chi connectivity index (χ0n) is 10.3. The van der Waals surface area contributed by atoms with E-state index in [0.717, 1.165) is 0 Å². The molecule has 1 aromatic rings. The summed E-state index contributed by atoms with van der Waals surface area (Å²) in [6.45, 7) is -0.0978. The van der Waals surface area contributed by atoms with E-state index < -0.39 is 15.8 Å². The van der Waals surface area contributed by atoms with Gasteiger partial charge in [-0.25, -0.2) is 8.42 Å². The summed E-state index contributed by atoms with van der Waals surface area (Å²) in [5.74, 6) is -1.12. The van der Waals surface area contributed by atoms with E-state index >= 15 is 0 Å². The Bertz CT molecular complexity index is 580. The molecule has 102 valence electrons. The molecule has 0 spiro atoms. The van der Waals surface area contributed by atoms with Crippen LogP contribution in [-0.4, -0.2) is 38.2 Å². The van der Waals surface area contributed by atoms with Crippen LogP contribution in [0.15, 0.2) is 30.3 Å². The van der Waals surface area contributed by atoms with Gasteiger partial charge in [0.1, 0.15) is 0 Å². The summed E-state index contributed by atoms with van der Waals surface area (Å²) in [7, 11) is -3.08. The molecule has 1 unspecified atom stereocenters. The van der Waals surface area contributed by atoms with Gasteiger partial charge in [0.15, 0.2) is 15.6 Å². The molecule has 0 radical (unpaired) electrons. The Morgan fingerprint density at radius 2 is 1.89 bits per heavy atom. The lowest BCUT2D eigenvalue weighted by molar-refractivity contribution is -0.124. The van der Waals surface area contributed by atoms with Crippen molar-refractivity contribution in [2.75, 3.05) is 18.1 Å². The molecule has 19 heavy (non-hydrogen) atoms. The number of carbonyl (C=O) groups excluding carboxylic acids is 2. The van der Waals surface area contributed by atoms with Crippen LogP contribution in [0.3, 0.4) is 0 Å². The lowest BCUT2D eigenvalue weighted by Gasteiger charge is -2.08. The average Bonchev–Trinajstić information content (AvgIpc) is 2.77. The molecule has 1 heterocycles. The number of amides is 1. The highest BCUT2D eigenvalue weighted by Crippen LogP contribution is 2.18. The lowest BCUT2D eigenvalue weighted by Crippen LogP contribution is -2.35. The van der Waals surface area contributed by atoms with Crippen LogP contribution >= 0.6 is 0 Å². The first-order chi connectivity index (χ1) is 8.98. The summed E-state index contributed by atoms with van der Waals surface area (Å²) < 4.78 is 22.5. The first-order valence-electron chi connectivity index (χ1n) is 6.04. The van der Waals surface area contributed by atoms with Crippen LogP contribution in [0.2, 0.25) is 0 Å². The standard InChI is InChI=1S/C13H15NO4S/c15-12(10-4-2-1-3-5-10)8-14-13(16)11-6-7-19(17,18)9-11/h1-5,11H,6-9H2,(H,14,16). The molecule has 1 fully saturated rings. The number of ketones is 1. The minimum atomic E-state index is -3.08. The van der Waals surface area contributed by atoms with E-state index in [2.05, 4.69) is 5.32 Å². The molecule has 1 N–H and O–H groups in total. The molecule has 1 aliphatic rings. The van der Waals surface area contributed by atoms with E-state index in [0.29, 0.717) is 12.0 Å². The number of Topliss-reactive ketones (excluding diaryl/α,β-unsaturated/α-hetero) is 1. The molecule has 1 saturated heterocycles. The van der Waals surface area contributed by atoms with Crippen molar-refractivity contribution in [1.82, 2.24) is 5.32 Å². The monoisotopic (exact) mass is 281 g/mol. The molecule has 2 rings (SSSR count).